The van der Waals surface area contributed by atoms with Gasteiger partial charge in [0, 0.05) is 26.3 Å². The van der Waals surface area contributed by atoms with Gasteiger partial charge in [0.15, 0.2) is 0 Å². The van der Waals surface area contributed by atoms with Gasteiger partial charge >= 0.3 is 0 Å². The molecular formula is C15H23NO. The molecule has 2 heteroatoms. The molecule has 0 aliphatic heterocycles. The maximum Gasteiger partial charge on any atom is 0.0476 e. The maximum absolute atomic E-state index is 5.07. The molecule has 2 rings (SSSR count). The van der Waals surface area contributed by atoms with E-state index >= 15 is 0 Å². The molecule has 1 aromatic carbocycles. The summed E-state index contributed by atoms with van der Waals surface area (Å²) in [5, 5.41) is 3.52. The molecule has 17 heavy (non-hydrogen) atoms. The van der Waals surface area contributed by atoms with Crippen LogP contribution in [0, 0.1) is 0 Å². The van der Waals surface area contributed by atoms with Crippen LogP contribution in [0.3, 0.4) is 0 Å². The highest BCUT2D eigenvalue weighted by Gasteiger charge is 2.22. The first-order valence-electron chi connectivity index (χ1n) is 6.60. The van der Waals surface area contributed by atoms with Crippen molar-refractivity contribution in [1.29, 1.82) is 0 Å². The molecule has 0 saturated heterocycles. The number of rotatable bonds is 7. The van der Waals surface area contributed by atoms with Gasteiger partial charge in [0.1, 0.15) is 0 Å². The summed E-state index contributed by atoms with van der Waals surface area (Å²) in [4.78, 5) is 0. The highest BCUT2D eigenvalue weighted by molar-refractivity contribution is 5.27. The molecule has 0 spiro atoms. The predicted molar refractivity (Wildman–Crippen MR) is 71.2 cm³/mol. The molecule has 1 atom stereocenters. The van der Waals surface area contributed by atoms with Gasteiger partial charge in [-0.25, -0.2) is 0 Å². The number of hydrogen-bond donors (Lipinski definition) is 1. The number of ether oxygens (including phenoxy) is 1. The van der Waals surface area contributed by atoms with E-state index in [4.69, 9.17) is 4.74 Å². The lowest BCUT2D eigenvalue weighted by molar-refractivity contribution is 0.184. The van der Waals surface area contributed by atoms with Gasteiger partial charge < -0.3 is 10.1 Å². The lowest BCUT2D eigenvalue weighted by Crippen LogP contribution is -2.26. The summed E-state index contributed by atoms with van der Waals surface area (Å²) in [7, 11) is 1.75. The predicted octanol–water partition coefficient (Wildman–Crippen LogP) is 3.08. The summed E-state index contributed by atoms with van der Waals surface area (Å²) >= 11 is 0. The van der Waals surface area contributed by atoms with Gasteiger partial charge in [-0.2, -0.15) is 0 Å². The first-order chi connectivity index (χ1) is 8.29. The Morgan fingerprint density at radius 1 is 1.29 bits per heavy atom. The van der Waals surface area contributed by atoms with E-state index in [0.29, 0.717) is 6.04 Å². The van der Waals surface area contributed by atoms with Gasteiger partial charge in [-0.1, -0.05) is 24.3 Å². The minimum Gasteiger partial charge on any atom is -0.385 e. The maximum atomic E-state index is 5.07. The SMILES string of the molecule is COCCC(C)NCc1ccc(C2CC2)cc1. The van der Waals surface area contributed by atoms with Crippen LogP contribution >= 0.6 is 0 Å². The Kier molecular flexibility index (Phi) is 4.57. The fraction of sp³-hybridized carbons (Fsp3) is 0.600. The van der Waals surface area contributed by atoms with Crippen molar-refractivity contribution in [2.75, 3.05) is 13.7 Å². The minimum atomic E-state index is 0.512. The molecule has 0 amide bonds. The molecule has 1 saturated carbocycles. The van der Waals surface area contributed by atoms with E-state index in [1.54, 1.807) is 7.11 Å². The van der Waals surface area contributed by atoms with Crippen molar-refractivity contribution in [2.45, 2.75) is 44.7 Å². The molecule has 0 radical (unpaired) electrons. The largest absolute Gasteiger partial charge is 0.385 e. The third kappa shape index (κ3) is 4.14. The Morgan fingerprint density at radius 2 is 2.00 bits per heavy atom. The van der Waals surface area contributed by atoms with Crippen LogP contribution in [0.2, 0.25) is 0 Å². The van der Waals surface area contributed by atoms with Gasteiger partial charge in [-0.15, -0.1) is 0 Å². The molecule has 1 N–H and O–H groups in total. The summed E-state index contributed by atoms with van der Waals surface area (Å²) < 4.78 is 5.07. The molecule has 1 aliphatic carbocycles. The molecule has 0 aromatic heterocycles. The third-order valence-electron chi connectivity index (χ3n) is 3.44. The lowest BCUT2D eigenvalue weighted by atomic mass is 10.1. The van der Waals surface area contributed by atoms with Crippen LogP contribution in [0.5, 0.6) is 0 Å². The van der Waals surface area contributed by atoms with E-state index in [2.05, 4.69) is 36.5 Å². The molecule has 2 nitrogen and oxygen atoms in total. The van der Waals surface area contributed by atoms with Crippen molar-refractivity contribution in [3.63, 3.8) is 0 Å². The van der Waals surface area contributed by atoms with Crippen molar-refractivity contribution in [2.24, 2.45) is 0 Å². The Hall–Kier alpha value is -0.860. The van der Waals surface area contributed by atoms with Gasteiger partial charge in [-0.3, -0.25) is 0 Å². The fourth-order valence-electron chi connectivity index (χ4n) is 2.01. The summed E-state index contributed by atoms with van der Waals surface area (Å²) in [6, 6.07) is 9.59. The van der Waals surface area contributed by atoms with Gasteiger partial charge in [0.05, 0.1) is 0 Å². The Labute approximate surface area is 104 Å². The fourth-order valence-corrected chi connectivity index (χ4v) is 2.01. The summed E-state index contributed by atoms with van der Waals surface area (Å²) in [6.07, 6.45) is 3.83. The van der Waals surface area contributed by atoms with Crippen molar-refractivity contribution < 1.29 is 4.74 Å². The quantitative estimate of drug-likeness (QED) is 0.781. The molecule has 0 bridgehead atoms. The topological polar surface area (TPSA) is 21.3 Å². The Balaban J connectivity index is 1.74. The standard InChI is InChI=1S/C15H23NO/c1-12(9-10-17-2)16-11-13-3-5-14(6-4-13)15-7-8-15/h3-6,12,15-16H,7-11H2,1-2H3. The van der Waals surface area contributed by atoms with E-state index in [-0.39, 0.29) is 0 Å². The van der Waals surface area contributed by atoms with Crippen molar-refractivity contribution >= 4 is 0 Å². The molecule has 94 valence electrons. The number of nitrogens with one attached hydrogen (secondary N) is 1. The number of benzene rings is 1. The van der Waals surface area contributed by atoms with Gasteiger partial charge in [-0.05, 0) is 43.2 Å². The van der Waals surface area contributed by atoms with Crippen LogP contribution in [-0.2, 0) is 11.3 Å². The van der Waals surface area contributed by atoms with E-state index < -0.39 is 0 Å². The van der Waals surface area contributed by atoms with Crippen LogP contribution in [0.25, 0.3) is 0 Å². The van der Waals surface area contributed by atoms with Crippen LogP contribution in [0.4, 0.5) is 0 Å². The van der Waals surface area contributed by atoms with Gasteiger partial charge in [0.25, 0.3) is 0 Å². The molecule has 1 aromatic rings. The highest BCUT2D eigenvalue weighted by Crippen LogP contribution is 2.39. The monoisotopic (exact) mass is 233 g/mol. The van der Waals surface area contributed by atoms with E-state index in [0.717, 1.165) is 25.5 Å². The van der Waals surface area contributed by atoms with Crippen LogP contribution in [0.1, 0.15) is 43.2 Å². The van der Waals surface area contributed by atoms with Crippen molar-refractivity contribution in [1.82, 2.24) is 5.32 Å². The second-order valence-electron chi connectivity index (χ2n) is 5.08. The van der Waals surface area contributed by atoms with Crippen molar-refractivity contribution in [3.8, 4) is 0 Å². The first kappa shape index (κ1) is 12.6. The Morgan fingerprint density at radius 3 is 2.59 bits per heavy atom. The average Bonchev–Trinajstić information content (AvgIpc) is 3.19. The highest BCUT2D eigenvalue weighted by atomic mass is 16.5. The number of methoxy groups -OCH3 is 1. The second kappa shape index (κ2) is 6.18. The van der Waals surface area contributed by atoms with Gasteiger partial charge in [0.2, 0.25) is 0 Å². The third-order valence-corrected chi connectivity index (χ3v) is 3.44. The zero-order chi connectivity index (χ0) is 12.1. The molecule has 1 unspecified atom stereocenters. The zero-order valence-electron chi connectivity index (χ0n) is 10.9. The van der Waals surface area contributed by atoms with Crippen molar-refractivity contribution in [3.05, 3.63) is 35.4 Å². The lowest BCUT2D eigenvalue weighted by Gasteiger charge is -2.13. The molecule has 0 heterocycles. The first-order valence-corrected chi connectivity index (χ1v) is 6.60. The minimum absolute atomic E-state index is 0.512. The smallest absolute Gasteiger partial charge is 0.0476 e. The van der Waals surface area contributed by atoms with Crippen LogP contribution in [-0.4, -0.2) is 19.8 Å². The Bertz CT molecular complexity index is 329. The summed E-state index contributed by atoms with van der Waals surface area (Å²) in [5.74, 6) is 0.859. The molecular weight excluding hydrogens is 210 g/mol. The molecule has 1 fully saturated rings. The van der Waals surface area contributed by atoms with Crippen LogP contribution < -0.4 is 5.32 Å². The summed E-state index contributed by atoms with van der Waals surface area (Å²) in [5.41, 5.74) is 2.89. The zero-order valence-corrected chi connectivity index (χ0v) is 10.9. The van der Waals surface area contributed by atoms with E-state index in [9.17, 15) is 0 Å². The normalized spacial score (nSPS) is 17.1. The van der Waals surface area contributed by atoms with Crippen LogP contribution in [0.15, 0.2) is 24.3 Å². The number of hydrogen-bond acceptors (Lipinski definition) is 2. The molecule has 1 aliphatic rings. The summed E-state index contributed by atoms with van der Waals surface area (Å²) in [6.45, 7) is 3.99. The second-order valence-corrected chi connectivity index (χ2v) is 5.08. The van der Waals surface area contributed by atoms with E-state index in [1.807, 2.05) is 0 Å². The van der Waals surface area contributed by atoms with E-state index in [1.165, 1.54) is 24.0 Å². The average molecular weight is 233 g/mol.